The van der Waals surface area contributed by atoms with Crippen molar-refractivity contribution in [3.63, 3.8) is 0 Å². The summed E-state index contributed by atoms with van der Waals surface area (Å²) in [4.78, 5) is 4.55. The number of aromatic nitrogens is 2. The molecule has 1 aliphatic rings. The van der Waals surface area contributed by atoms with Crippen molar-refractivity contribution in [1.82, 2.24) is 9.55 Å². The largest absolute Gasteiger partial charge is 0.325 e. The van der Waals surface area contributed by atoms with Crippen LogP contribution < -0.4 is 0 Å². The minimum absolute atomic E-state index is 0.585. The SMILES string of the molecule is CC1CCCc2ncc(-c3ccccc3)n21. The minimum atomic E-state index is 0.585. The van der Waals surface area contributed by atoms with Crippen LogP contribution in [0.3, 0.4) is 0 Å². The van der Waals surface area contributed by atoms with E-state index in [1.165, 1.54) is 29.9 Å². The number of rotatable bonds is 1. The van der Waals surface area contributed by atoms with E-state index in [4.69, 9.17) is 0 Å². The van der Waals surface area contributed by atoms with Crippen molar-refractivity contribution in [2.75, 3.05) is 0 Å². The third-order valence-corrected chi connectivity index (χ3v) is 3.41. The highest BCUT2D eigenvalue weighted by molar-refractivity contribution is 5.59. The van der Waals surface area contributed by atoms with Crippen LogP contribution in [0.4, 0.5) is 0 Å². The highest BCUT2D eigenvalue weighted by Crippen LogP contribution is 2.30. The van der Waals surface area contributed by atoms with Crippen molar-refractivity contribution in [2.45, 2.75) is 32.2 Å². The van der Waals surface area contributed by atoms with Gasteiger partial charge in [-0.25, -0.2) is 4.98 Å². The molecule has 0 fully saturated rings. The number of aryl methyl sites for hydroxylation is 1. The molecule has 2 aromatic rings. The van der Waals surface area contributed by atoms with E-state index in [1.54, 1.807) is 0 Å². The highest BCUT2D eigenvalue weighted by atomic mass is 15.1. The third kappa shape index (κ3) is 1.45. The molecule has 1 unspecified atom stereocenters. The average Bonchev–Trinajstić information content (AvgIpc) is 2.75. The van der Waals surface area contributed by atoms with Gasteiger partial charge < -0.3 is 4.57 Å². The molecule has 2 nitrogen and oxygen atoms in total. The normalized spacial score (nSPS) is 19.4. The molecule has 2 heteroatoms. The van der Waals surface area contributed by atoms with Crippen molar-refractivity contribution in [2.24, 2.45) is 0 Å². The van der Waals surface area contributed by atoms with Crippen LogP contribution in [-0.2, 0) is 6.42 Å². The zero-order valence-electron chi connectivity index (χ0n) is 9.56. The quantitative estimate of drug-likeness (QED) is 0.708. The zero-order valence-corrected chi connectivity index (χ0v) is 9.56. The number of hydrogen-bond acceptors (Lipinski definition) is 1. The molecule has 1 aromatic heterocycles. The second-order valence-electron chi connectivity index (χ2n) is 4.54. The molecule has 82 valence electrons. The van der Waals surface area contributed by atoms with Crippen molar-refractivity contribution in [3.8, 4) is 11.3 Å². The molecule has 0 saturated carbocycles. The first-order chi connectivity index (χ1) is 7.86. The number of hydrogen-bond donors (Lipinski definition) is 0. The van der Waals surface area contributed by atoms with Gasteiger partial charge in [-0.05, 0) is 25.3 Å². The molecule has 3 rings (SSSR count). The molecule has 1 aliphatic heterocycles. The summed E-state index contributed by atoms with van der Waals surface area (Å²) in [6.45, 7) is 2.29. The van der Waals surface area contributed by atoms with Crippen LogP contribution in [0.15, 0.2) is 36.5 Å². The van der Waals surface area contributed by atoms with Crippen LogP contribution in [0.1, 0.15) is 31.6 Å². The summed E-state index contributed by atoms with van der Waals surface area (Å²) < 4.78 is 2.40. The maximum Gasteiger partial charge on any atom is 0.109 e. The Bertz CT molecular complexity index is 485. The third-order valence-electron chi connectivity index (χ3n) is 3.41. The molecule has 0 N–H and O–H groups in total. The van der Waals surface area contributed by atoms with Gasteiger partial charge in [-0.1, -0.05) is 30.3 Å². The Morgan fingerprint density at radius 2 is 2.06 bits per heavy atom. The molecule has 0 spiro atoms. The standard InChI is InChI=1S/C14H16N2/c1-11-6-5-9-14-15-10-13(16(11)14)12-7-3-2-4-8-12/h2-4,7-8,10-11H,5-6,9H2,1H3. The van der Waals surface area contributed by atoms with E-state index in [0.717, 1.165) is 6.42 Å². The van der Waals surface area contributed by atoms with E-state index in [9.17, 15) is 0 Å². The van der Waals surface area contributed by atoms with Gasteiger partial charge in [0.2, 0.25) is 0 Å². The summed E-state index contributed by atoms with van der Waals surface area (Å²) >= 11 is 0. The van der Waals surface area contributed by atoms with Gasteiger partial charge in [-0.3, -0.25) is 0 Å². The first-order valence-electron chi connectivity index (χ1n) is 5.98. The molecule has 1 atom stereocenters. The van der Waals surface area contributed by atoms with Gasteiger partial charge >= 0.3 is 0 Å². The van der Waals surface area contributed by atoms with E-state index >= 15 is 0 Å². The molecule has 0 saturated heterocycles. The predicted octanol–water partition coefficient (Wildman–Crippen LogP) is 3.45. The van der Waals surface area contributed by atoms with Gasteiger partial charge in [-0.2, -0.15) is 0 Å². The molecule has 1 aromatic carbocycles. The summed E-state index contributed by atoms with van der Waals surface area (Å²) in [5.41, 5.74) is 2.54. The van der Waals surface area contributed by atoms with Crippen molar-refractivity contribution >= 4 is 0 Å². The Balaban J connectivity index is 2.13. The minimum Gasteiger partial charge on any atom is -0.325 e. The summed E-state index contributed by atoms with van der Waals surface area (Å²) in [5.74, 6) is 1.25. The van der Waals surface area contributed by atoms with Gasteiger partial charge in [0.05, 0.1) is 11.9 Å². The Morgan fingerprint density at radius 3 is 2.88 bits per heavy atom. The lowest BCUT2D eigenvalue weighted by molar-refractivity contribution is 0.429. The van der Waals surface area contributed by atoms with Crippen LogP contribution >= 0.6 is 0 Å². The van der Waals surface area contributed by atoms with Crippen LogP contribution in [0.5, 0.6) is 0 Å². The number of fused-ring (bicyclic) bond motifs is 1. The predicted molar refractivity (Wildman–Crippen MR) is 65.3 cm³/mol. The zero-order chi connectivity index (χ0) is 11.0. The summed E-state index contributed by atoms with van der Waals surface area (Å²) in [6.07, 6.45) is 5.68. The lowest BCUT2D eigenvalue weighted by atomic mass is 10.0. The fourth-order valence-corrected chi connectivity index (χ4v) is 2.58. The van der Waals surface area contributed by atoms with Crippen LogP contribution in [-0.4, -0.2) is 9.55 Å². The second-order valence-corrected chi connectivity index (χ2v) is 4.54. The van der Waals surface area contributed by atoms with Gasteiger partial charge in [0.25, 0.3) is 0 Å². The average molecular weight is 212 g/mol. The maximum absolute atomic E-state index is 4.55. The Hall–Kier alpha value is -1.57. The first-order valence-corrected chi connectivity index (χ1v) is 5.98. The molecule has 2 heterocycles. The second kappa shape index (κ2) is 3.78. The monoisotopic (exact) mass is 212 g/mol. The van der Waals surface area contributed by atoms with Crippen molar-refractivity contribution in [1.29, 1.82) is 0 Å². The Morgan fingerprint density at radius 1 is 1.25 bits per heavy atom. The van der Waals surface area contributed by atoms with Crippen LogP contribution in [0.25, 0.3) is 11.3 Å². The number of nitrogens with zero attached hydrogens (tertiary/aromatic N) is 2. The highest BCUT2D eigenvalue weighted by Gasteiger charge is 2.20. The number of imidazole rings is 1. The summed E-state index contributed by atoms with van der Waals surface area (Å²) in [5, 5.41) is 0. The maximum atomic E-state index is 4.55. The smallest absolute Gasteiger partial charge is 0.109 e. The fraction of sp³-hybridized carbons (Fsp3) is 0.357. The van der Waals surface area contributed by atoms with E-state index in [-0.39, 0.29) is 0 Å². The number of benzene rings is 1. The van der Waals surface area contributed by atoms with E-state index in [0.29, 0.717) is 6.04 Å². The lowest BCUT2D eigenvalue weighted by Crippen LogP contribution is -2.16. The molecule has 0 bridgehead atoms. The molecule has 0 aliphatic carbocycles. The van der Waals surface area contributed by atoms with E-state index in [2.05, 4.69) is 46.8 Å². The van der Waals surface area contributed by atoms with Gasteiger partial charge in [0, 0.05) is 12.5 Å². The van der Waals surface area contributed by atoms with Gasteiger partial charge in [-0.15, -0.1) is 0 Å². The van der Waals surface area contributed by atoms with Crippen LogP contribution in [0, 0.1) is 0 Å². The Labute approximate surface area is 95.9 Å². The van der Waals surface area contributed by atoms with E-state index < -0.39 is 0 Å². The first kappa shape index (κ1) is 9.64. The summed E-state index contributed by atoms with van der Waals surface area (Å²) in [7, 11) is 0. The molecular weight excluding hydrogens is 196 g/mol. The summed E-state index contributed by atoms with van der Waals surface area (Å²) in [6, 6.07) is 11.1. The molecule has 16 heavy (non-hydrogen) atoms. The van der Waals surface area contributed by atoms with E-state index in [1.807, 2.05) is 6.20 Å². The topological polar surface area (TPSA) is 17.8 Å². The van der Waals surface area contributed by atoms with Crippen LogP contribution in [0.2, 0.25) is 0 Å². The fourth-order valence-electron chi connectivity index (χ4n) is 2.58. The molecular formula is C14H16N2. The lowest BCUT2D eigenvalue weighted by Gasteiger charge is -2.23. The Kier molecular flexibility index (Phi) is 2.28. The van der Waals surface area contributed by atoms with Gasteiger partial charge in [0.15, 0.2) is 0 Å². The molecule has 0 amide bonds. The molecule has 0 radical (unpaired) electrons. The van der Waals surface area contributed by atoms with Gasteiger partial charge in [0.1, 0.15) is 5.82 Å². The van der Waals surface area contributed by atoms with Crippen molar-refractivity contribution < 1.29 is 0 Å². The van der Waals surface area contributed by atoms with Crippen molar-refractivity contribution in [3.05, 3.63) is 42.4 Å².